The Kier molecular flexibility index (Phi) is 11.6. The zero-order valence-electron chi connectivity index (χ0n) is 29.7. The Balaban J connectivity index is 0.000000182. The number of aryl methyl sites for hydroxylation is 2. The fourth-order valence-electron chi connectivity index (χ4n) is 6.47. The summed E-state index contributed by atoms with van der Waals surface area (Å²) in [5.41, 5.74) is 3.20. The number of Topliss-reactive ketones (excluding diaryl/α,β-unsaturated/α-hetero) is 1. The SMILES string of the molecule is Cc1ccc(C(=O)Cc2ccccc2NC(=O)c2ccc(C)cc2O)c(O)c1.c1ccc([P+](c2ccccc2)(c2ccccc2)c2ccccc2)cc1. The summed E-state index contributed by atoms with van der Waals surface area (Å²) < 4.78 is 0. The summed E-state index contributed by atoms with van der Waals surface area (Å²) in [6.45, 7) is 3.65. The zero-order valence-corrected chi connectivity index (χ0v) is 30.6. The number of hydrogen-bond donors (Lipinski definition) is 3. The molecule has 7 aromatic rings. The molecule has 0 spiro atoms. The van der Waals surface area contributed by atoms with Crippen molar-refractivity contribution in [2.45, 2.75) is 20.3 Å². The maximum absolute atomic E-state index is 12.6. The van der Waals surface area contributed by atoms with Crippen molar-refractivity contribution < 1.29 is 19.8 Å². The van der Waals surface area contributed by atoms with E-state index in [1.165, 1.54) is 27.3 Å². The normalized spacial score (nSPS) is 10.8. The van der Waals surface area contributed by atoms with E-state index in [0.717, 1.165) is 11.1 Å². The average molecular weight is 715 g/mol. The minimum absolute atomic E-state index is 0.0208. The van der Waals surface area contributed by atoms with Crippen molar-refractivity contribution in [3.05, 3.63) is 210 Å². The second-order valence-corrected chi connectivity index (χ2v) is 16.2. The molecule has 0 atom stereocenters. The molecule has 1 amide bonds. The number of nitrogens with one attached hydrogen (secondary N) is 1. The summed E-state index contributed by atoms with van der Waals surface area (Å²) in [5, 5.41) is 28.4. The van der Waals surface area contributed by atoms with Crippen molar-refractivity contribution in [3.63, 3.8) is 0 Å². The molecule has 0 aliphatic heterocycles. The van der Waals surface area contributed by atoms with Crippen molar-refractivity contribution >= 4 is 45.9 Å². The lowest BCUT2D eigenvalue weighted by molar-refractivity contribution is 0.0986. The van der Waals surface area contributed by atoms with Gasteiger partial charge in [-0.25, -0.2) is 0 Å². The number of phenolic OH excluding ortho intramolecular Hbond substituents is 2. The Bertz CT molecular complexity index is 2060. The van der Waals surface area contributed by atoms with Crippen LogP contribution in [0.4, 0.5) is 5.69 Å². The van der Waals surface area contributed by atoms with Crippen LogP contribution >= 0.6 is 7.26 Å². The number of carbonyl (C=O) groups excluding carboxylic acids is 2. The fraction of sp³-hybridized carbons (Fsp3) is 0.0638. The second kappa shape index (κ2) is 16.8. The number of hydrogen-bond acceptors (Lipinski definition) is 4. The number of amides is 1. The third-order valence-corrected chi connectivity index (χ3v) is 13.3. The Hall–Kier alpha value is -6.29. The van der Waals surface area contributed by atoms with E-state index in [1.807, 2.05) is 13.8 Å². The van der Waals surface area contributed by atoms with Gasteiger partial charge in [-0.05, 0) is 109 Å². The van der Waals surface area contributed by atoms with Gasteiger partial charge in [0.1, 0.15) is 40.0 Å². The molecule has 0 fully saturated rings. The lowest BCUT2D eigenvalue weighted by Gasteiger charge is -2.27. The largest absolute Gasteiger partial charge is 0.507 e. The van der Waals surface area contributed by atoms with Crippen LogP contribution in [0.5, 0.6) is 11.5 Å². The third-order valence-electron chi connectivity index (χ3n) is 9.04. The molecule has 5 nitrogen and oxygen atoms in total. The first kappa shape index (κ1) is 36.5. The summed E-state index contributed by atoms with van der Waals surface area (Å²) in [6.07, 6.45) is 0.0208. The molecule has 7 aromatic carbocycles. The van der Waals surface area contributed by atoms with Gasteiger partial charge in [0.15, 0.2) is 5.78 Å². The average Bonchev–Trinajstić information content (AvgIpc) is 3.18. The minimum atomic E-state index is -1.91. The van der Waals surface area contributed by atoms with Gasteiger partial charge in [-0.3, -0.25) is 9.59 Å². The molecule has 0 aromatic heterocycles. The Morgan fingerprint density at radius 3 is 1.28 bits per heavy atom. The molecule has 0 saturated heterocycles. The van der Waals surface area contributed by atoms with Crippen molar-refractivity contribution in [3.8, 4) is 11.5 Å². The van der Waals surface area contributed by atoms with Crippen LogP contribution in [-0.2, 0) is 6.42 Å². The number of carbonyl (C=O) groups is 2. The molecule has 0 heterocycles. The second-order valence-electron chi connectivity index (χ2n) is 12.8. The number of phenols is 2. The van der Waals surface area contributed by atoms with Gasteiger partial charge in [-0.1, -0.05) is 103 Å². The number of anilines is 1. The van der Waals surface area contributed by atoms with Gasteiger partial charge in [0.2, 0.25) is 0 Å². The van der Waals surface area contributed by atoms with Crippen LogP contribution in [0.25, 0.3) is 0 Å². The topological polar surface area (TPSA) is 86.6 Å². The van der Waals surface area contributed by atoms with Crippen LogP contribution in [0, 0.1) is 13.8 Å². The lowest BCUT2D eigenvalue weighted by Crippen LogP contribution is -2.38. The predicted octanol–water partition coefficient (Wildman–Crippen LogP) is 8.70. The summed E-state index contributed by atoms with van der Waals surface area (Å²) >= 11 is 0. The first-order valence-electron chi connectivity index (χ1n) is 17.4. The molecule has 0 aliphatic rings. The van der Waals surface area contributed by atoms with Crippen LogP contribution in [0.2, 0.25) is 0 Å². The van der Waals surface area contributed by atoms with Gasteiger partial charge in [-0.15, -0.1) is 0 Å². The molecule has 53 heavy (non-hydrogen) atoms. The Morgan fingerprint density at radius 1 is 0.491 bits per heavy atom. The van der Waals surface area contributed by atoms with Crippen LogP contribution in [-0.4, -0.2) is 21.9 Å². The van der Waals surface area contributed by atoms with Gasteiger partial charge in [0.25, 0.3) is 5.91 Å². The van der Waals surface area contributed by atoms with E-state index < -0.39 is 13.2 Å². The monoisotopic (exact) mass is 714 g/mol. The highest BCUT2D eigenvalue weighted by atomic mass is 31.2. The predicted molar refractivity (Wildman–Crippen MR) is 219 cm³/mol. The van der Waals surface area contributed by atoms with E-state index in [4.69, 9.17) is 0 Å². The highest BCUT2D eigenvalue weighted by Crippen LogP contribution is 2.54. The Morgan fingerprint density at radius 2 is 0.868 bits per heavy atom. The fourth-order valence-corrected chi connectivity index (χ4v) is 10.7. The molecule has 6 heteroatoms. The zero-order chi connectivity index (χ0) is 37.2. The van der Waals surface area contributed by atoms with E-state index >= 15 is 0 Å². The van der Waals surface area contributed by atoms with Gasteiger partial charge < -0.3 is 15.5 Å². The van der Waals surface area contributed by atoms with Gasteiger partial charge in [0, 0.05) is 12.1 Å². The first-order valence-corrected chi connectivity index (χ1v) is 19.2. The number of aromatic hydroxyl groups is 2. The van der Waals surface area contributed by atoms with Crippen LogP contribution in [0.15, 0.2) is 182 Å². The minimum Gasteiger partial charge on any atom is -0.507 e. The summed E-state index contributed by atoms with van der Waals surface area (Å²) in [4.78, 5) is 25.2. The lowest BCUT2D eigenvalue weighted by atomic mass is 9.99. The van der Waals surface area contributed by atoms with Crippen molar-refractivity contribution in [1.82, 2.24) is 0 Å². The molecule has 0 aliphatic carbocycles. The number of benzene rings is 7. The molecular weight excluding hydrogens is 673 g/mol. The Labute approximate surface area is 311 Å². The van der Waals surface area contributed by atoms with E-state index in [9.17, 15) is 19.8 Å². The van der Waals surface area contributed by atoms with Crippen LogP contribution < -0.4 is 26.5 Å². The maximum atomic E-state index is 12.6. The van der Waals surface area contributed by atoms with E-state index in [2.05, 4.69) is 127 Å². The molecule has 0 radical (unpaired) electrons. The van der Waals surface area contributed by atoms with E-state index in [1.54, 1.807) is 54.6 Å². The number of ketones is 1. The van der Waals surface area contributed by atoms with Gasteiger partial charge in [-0.2, -0.15) is 0 Å². The van der Waals surface area contributed by atoms with Crippen molar-refractivity contribution in [2.75, 3.05) is 5.32 Å². The van der Waals surface area contributed by atoms with Gasteiger partial charge >= 0.3 is 0 Å². The highest BCUT2D eigenvalue weighted by Gasteiger charge is 2.47. The molecule has 0 bridgehead atoms. The third kappa shape index (κ3) is 8.28. The number of rotatable bonds is 9. The standard InChI is InChI=1S/C24H20P.C23H21NO4/c1-5-13-21(14-6-1)25(22-15-7-2-8-16-22,23-17-9-3-10-18-23)24-19-11-4-12-20-24;1-14-7-9-17(20(25)11-14)22(27)13-16-5-3-4-6-19(16)24-23(28)18-10-8-15(2)12-21(18)26/h1-20H;3-12,25-26H,13H2,1-2H3,(H,24,28)/q+1;. The molecule has 3 N–H and O–H groups in total. The van der Waals surface area contributed by atoms with Crippen LogP contribution in [0.1, 0.15) is 37.4 Å². The molecule has 7 rings (SSSR count). The van der Waals surface area contributed by atoms with E-state index in [-0.39, 0.29) is 34.8 Å². The van der Waals surface area contributed by atoms with E-state index in [0.29, 0.717) is 11.3 Å². The van der Waals surface area contributed by atoms with Crippen molar-refractivity contribution in [2.24, 2.45) is 0 Å². The summed E-state index contributed by atoms with van der Waals surface area (Å²) in [6, 6.07) is 60.5. The van der Waals surface area contributed by atoms with Gasteiger partial charge in [0.05, 0.1) is 11.1 Å². The molecule has 0 unspecified atom stereocenters. The first-order chi connectivity index (χ1) is 25.8. The molecular formula is C47H41NO4P+. The maximum Gasteiger partial charge on any atom is 0.259 e. The quantitative estimate of drug-likeness (QED) is 0.103. The summed E-state index contributed by atoms with van der Waals surface area (Å²) in [5.74, 6) is -0.875. The van der Waals surface area contributed by atoms with Crippen LogP contribution in [0.3, 0.4) is 0 Å². The molecule has 0 saturated carbocycles. The highest BCUT2D eigenvalue weighted by molar-refractivity contribution is 8.01. The molecule has 262 valence electrons. The smallest absolute Gasteiger partial charge is 0.259 e. The van der Waals surface area contributed by atoms with Crippen molar-refractivity contribution in [1.29, 1.82) is 0 Å². The summed E-state index contributed by atoms with van der Waals surface area (Å²) in [7, 11) is -1.91. The number of para-hydroxylation sites is 1.